The number of nitrogens with zero attached hydrogens (tertiary/aromatic N) is 4. The summed E-state index contributed by atoms with van der Waals surface area (Å²) in [6.07, 6.45) is -1.13. The van der Waals surface area contributed by atoms with Crippen LogP contribution in [0.2, 0.25) is 0 Å². The van der Waals surface area contributed by atoms with Crippen molar-refractivity contribution in [1.82, 2.24) is 19.2 Å². The maximum Gasteiger partial charge on any atom is 0.406 e. The zero-order valence-corrected chi connectivity index (χ0v) is 24.3. The number of aromatic nitrogens is 3. The lowest BCUT2D eigenvalue weighted by Crippen LogP contribution is -2.45. The van der Waals surface area contributed by atoms with E-state index in [0.29, 0.717) is 61.4 Å². The van der Waals surface area contributed by atoms with Crippen LogP contribution in [-0.4, -0.2) is 83.9 Å². The van der Waals surface area contributed by atoms with Gasteiger partial charge in [0.05, 0.1) is 49.3 Å². The number of fused-ring (bicyclic) bond motifs is 1. The van der Waals surface area contributed by atoms with Crippen LogP contribution in [0.15, 0.2) is 30.5 Å². The minimum Gasteiger partial charge on any atom is -0.381 e. The highest BCUT2D eigenvalue weighted by molar-refractivity contribution is 5.94. The number of rotatable bonds is 13. The number of benzene rings is 1. The van der Waals surface area contributed by atoms with Gasteiger partial charge in [-0.15, -0.1) is 0 Å². The van der Waals surface area contributed by atoms with Crippen LogP contribution >= 0.6 is 0 Å². The Morgan fingerprint density at radius 1 is 1.21 bits per heavy atom. The summed E-state index contributed by atoms with van der Waals surface area (Å²) in [5.74, 6) is 5.37. The number of carbonyl (C=O) groups excluding carboxylic acids is 1. The summed E-state index contributed by atoms with van der Waals surface area (Å²) in [4.78, 5) is 13.7. The molecule has 9 nitrogen and oxygen atoms in total. The molecule has 1 fully saturated rings. The van der Waals surface area contributed by atoms with Crippen molar-refractivity contribution in [3.05, 3.63) is 47.4 Å². The monoisotopic (exact) mass is 588 g/mol. The Balaban J connectivity index is 1.30. The molecule has 1 aromatic carbocycles. The minimum atomic E-state index is -4.35. The Morgan fingerprint density at radius 2 is 1.98 bits per heavy atom. The third-order valence-corrected chi connectivity index (χ3v) is 7.64. The highest BCUT2D eigenvalue weighted by atomic mass is 19.4. The fraction of sp³-hybridized carbons (Fsp3) is 0.533. The quantitative estimate of drug-likeness (QED) is 0.231. The highest BCUT2D eigenvalue weighted by Crippen LogP contribution is 2.32. The zero-order valence-electron chi connectivity index (χ0n) is 24.3. The van der Waals surface area contributed by atoms with Gasteiger partial charge in [0.2, 0.25) is 0 Å². The second-order valence-electron chi connectivity index (χ2n) is 10.7. The summed E-state index contributed by atoms with van der Waals surface area (Å²) >= 11 is 0. The van der Waals surface area contributed by atoms with Gasteiger partial charge in [-0.05, 0) is 70.3 Å². The first kappa shape index (κ1) is 31.4. The number of anilines is 1. The number of piperidine rings is 1. The van der Waals surface area contributed by atoms with E-state index in [-0.39, 0.29) is 6.04 Å². The Bertz CT molecular complexity index is 1420. The molecule has 2 unspecified atom stereocenters. The molecule has 0 radical (unpaired) electrons. The summed E-state index contributed by atoms with van der Waals surface area (Å²) < 4.78 is 54.5. The number of halogens is 3. The van der Waals surface area contributed by atoms with Gasteiger partial charge >= 0.3 is 6.18 Å². The number of nitrogens with two attached hydrogens (primary N) is 1. The predicted molar refractivity (Wildman–Crippen MR) is 155 cm³/mol. The molecule has 1 saturated heterocycles. The van der Waals surface area contributed by atoms with E-state index in [4.69, 9.17) is 15.2 Å². The van der Waals surface area contributed by atoms with Crippen molar-refractivity contribution in [2.75, 3.05) is 51.9 Å². The van der Waals surface area contributed by atoms with Gasteiger partial charge in [0.15, 0.2) is 0 Å². The van der Waals surface area contributed by atoms with Gasteiger partial charge in [0, 0.05) is 36.0 Å². The van der Waals surface area contributed by atoms with Crippen LogP contribution in [0.5, 0.6) is 0 Å². The minimum absolute atomic E-state index is 0.154. The molecule has 42 heavy (non-hydrogen) atoms. The molecule has 0 saturated carbocycles. The topological polar surface area (TPSA) is 99.6 Å². The van der Waals surface area contributed by atoms with Crippen molar-refractivity contribution in [3.8, 4) is 11.8 Å². The standard InChI is InChI=1S/C30H39F3N6O3/c1-4-6-23-17-24-27(7-5-8-28(24)38(23)20-30(31,32)33)36-26-9-11-37(3)19-22(26)10-13-41-15-16-42-14-12-39-21(2)25(18-35-39)29(34)40/h5,7-8,17-18,22,26,36H,9-16,19-20H2,1-3H3,(H2,34,40). The van der Waals surface area contributed by atoms with E-state index in [1.54, 1.807) is 36.7 Å². The fourth-order valence-electron chi connectivity index (χ4n) is 5.51. The number of likely N-dealkylation sites (tertiary alicyclic amines) is 1. The Hall–Kier alpha value is -3.53. The van der Waals surface area contributed by atoms with Gasteiger partial charge in [0.25, 0.3) is 5.91 Å². The molecular weight excluding hydrogens is 549 g/mol. The van der Waals surface area contributed by atoms with Gasteiger partial charge in [-0.1, -0.05) is 12.0 Å². The number of ether oxygens (including phenoxy) is 2. The number of hydrogen-bond acceptors (Lipinski definition) is 6. The summed E-state index contributed by atoms with van der Waals surface area (Å²) in [5.41, 5.74) is 8.14. The van der Waals surface area contributed by atoms with Gasteiger partial charge in [0.1, 0.15) is 6.54 Å². The normalized spacial score (nSPS) is 17.8. The molecule has 1 aliphatic heterocycles. The SMILES string of the molecule is CC#Cc1cc2c(NC3CCN(C)CC3CCOCCOCCn3ncc(C(N)=O)c3C)cccc2n1CC(F)(F)F. The lowest BCUT2D eigenvalue weighted by molar-refractivity contribution is -0.140. The van der Waals surface area contributed by atoms with E-state index < -0.39 is 18.6 Å². The van der Waals surface area contributed by atoms with Crippen LogP contribution in [0.1, 0.15) is 41.5 Å². The van der Waals surface area contributed by atoms with Gasteiger partial charge in [-0.25, -0.2) is 0 Å². The molecule has 3 heterocycles. The predicted octanol–water partition coefficient (Wildman–Crippen LogP) is 4.03. The molecule has 4 rings (SSSR count). The Labute approximate surface area is 244 Å². The first-order chi connectivity index (χ1) is 20.1. The summed E-state index contributed by atoms with van der Waals surface area (Å²) in [7, 11) is 2.10. The maximum absolute atomic E-state index is 13.3. The smallest absolute Gasteiger partial charge is 0.381 e. The molecule has 1 amide bonds. The largest absolute Gasteiger partial charge is 0.406 e. The molecule has 0 bridgehead atoms. The molecule has 2 atom stereocenters. The first-order valence-electron chi connectivity index (χ1n) is 14.1. The second kappa shape index (κ2) is 14.1. The van der Waals surface area contributed by atoms with E-state index in [2.05, 4.69) is 34.2 Å². The lowest BCUT2D eigenvalue weighted by Gasteiger charge is -2.38. The van der Waals surface area contributed by atoms with E-state index >= 15 is 0 Å². The van der Waals surface area contributed by atoms with Crippen molar-refractivity contribution < 1.29 is 27.4 Å². The van der Waals surface area contributed by atoms with E-state index in [9.17, 15) is 18.0 Å². The molecular formula is C30H39F3N6O3. The van der Waals surface area contributed by atoms with Crippen molar-refractivity contribution in [2.45, 2.75) is 52.0 Å². The number of carbonyl (C=O) groups is 1. The van der Waals surface area contributed by atoms with Gasteiger partial charge in [-0.2, -0.15) is 18.3 Å². The molecule has 228 valence electrons. The molecule has 1 aliphatic rings. The summed E-state index contributed by atoms with van der Waals surface area (Å²) in [5, 5.41) is 8.55. The van der Waals surface area contributed by atoms with Gasteiger partial charge < -0.3 is 30.0 Å². The second-order valence-corrected chi connectivity index (χ2v) is 10.7. The van der Waals surface area contributed by atoms with Crippen molar-refractivity contribution in [3.63, 3.8) is 0 Å². The molecule has 2 aromatic heterocycles. The molecule has 3 aromatic rings. The fourth-order valence-corrected chi connectivity index (χ4v) is 5.51. The van der Waals surface area contributed by atoms with Crippen LogP contribution in [0.25, 0.3) is 10.9 Å². The molecule has 12 heteroatoms. The highest BCUT2D eigenvalue weighted by Gasteiger charge is 2.31. The number of amides is 1. The lowest BCUT2D eigenvalue weighted by atomic mass is 9.89. The summed E-state index contributed by atoms with van der Waals surface area (Å²) in [6, 6.07) is 7.33. The third-order valence-electron chi connectivity index (χ3n) is 7.64. The Morgan fingerprint density at radius 3 is 2.67 bits per heavy atom. The third kappa shape index (κ3) is 8.06. The van der Waals surface area contributed by atoms with Crippen molar-refractivity contribution >= 4 is 22.5 Å². The van der Waals surface area contributed by atoms with Crippen molar-refractivity contribution in [2.24, 2.45) is 11.7 Å². The summed E-state index contributed by atoms with van der Waals surface area (Å²) in [6.45, 7) is 6.57. The van der Waals surface area contributed by atoms with E-state index in [1.807, 2.05) is 6.07 Å². The van der Waals surface area contributed by atoms with E-state index in [1.165, 1.54) is 10.8 Å². The zero-order chi connectivity index (χ0) is 30.3. The van der Waals surface area contributed by atoms with E-state index in [0.717, 1.165) is 37.0 Å². The Kier molecular flexibility index (Phi) is 10.5. The van der Waals surface area contributed by atoms with Crippen LogP contribution in [0.3, 0.4) is 0 Å². The molecule has 0 spiro atoms. The van der Waals surface area contributed by atoms with Gasteiger partial charge in [-0.3, -0.25) is 9.48 Å². The number of hydrogen-bond donors (Lipinski definition) is 2. The van der Waals surface area contributed by atoms with Crippen LogP contribution in [0.4, 0.5) is 18.9 Å². The number of primary amides is 1. The number of alkyl halides is 3. The average molecular weight is 589 g/mol. The number of nitrogens with one attached hydrogen (secondary N) is 1. The first-order valence-corrected chi connectivity index (χ1v) is 14.1. The maximum atomic E-state index is 13.3. The van der Waals surface area contributed by atoms with Crippen molar-refractivity contribution in [1.29, 1.82) is 0 Å². The molecule has 0 aliphatic carbocycles. The van der Waals surface area contributed by atoms with Crippen LogP contribution < -0.4 is 11.1 Å². The van der Waals surface area contributed by atoms with Crippen LogP contribution in [0, 0.1) is 24.7 Å². The molecule has 3 N–H and O–H groups in total. The average Bonchev–Trinajstić information content (AvgIpc) is 3.46. The van der Waals surface area contributed by atoms with Crippen LogP contribution in [-0.2, 0) is 22.6 Å².